The van der Waals surface area contributed by atoms with Gasteiger partial charge in [0.25, 0.3) is 5.56 Å². The molecule has 0 spiro atoms. The van der Waals surface area contributed by atoms with E-state index in [1.165, 1.54) is 10.8 Å². The van der Waals surface area contributed by atoms with Gasteiger partial charge in [-0.05, 0) is 35.8 Å². The maximum absolute atomic E-state index is 12.0. The number of aryl methyl sites for hydroxylation is 2. The van der Waals surface area contributed by atoms with Crippen LogP contribution in [0.3, 0.4) is 0 Å². The Labute approximate surface area is 122 Å². The molecule has 0 saturated heterocycles. The van der Waals surface area contributed by atoms with Crippen molar-refractivity contribution in [2.24, 2.45) is 5.84 Å². The minimum Gasteiger partial charge on any atom is -0.456 e. The van der Waals surface area contributed by atoms with Gasteiger partial charge in [0.05, 0.1) is 6.54 Å². The molecule has 0 aliphatic carbocycles. The zero-order valence-corrected chi connectivity index (χ0v) is 12.5. The van der Waals surface area contributed by atoms with E-state index in [2.05, 4.69) is 20.9 Å². The Kier molecular flexibility index (Phi) is 4.05. The van der Waals surface area contributed by atoms with Gasteiger partial charge in [0.2, 0.25) is 0 Å². The number of hydrogen-bond acceptors (Lipinski definition) is 5. The van der Waals surface area contributed by atoms with Gasteiger partial charge in [0.15, 0.2) is 5.76 Å². The van der Waals surface area contributed by atoms with Crippen LogP contribution >= 0.6 is 15.9 Å². The van der Waals surface area contributed by atoms with Gasteiger partial charge in [0, 0.05) is 11.8 Å². The number of nitrogens with one attached hydrogen (secondary N) is 1. The van der Waals surface area contributed by atoms with Gasteiger partial charge in [-0.1, -0.05) is 0 Å². The first-order chi connectivity index (χ1) is 9.43. The Morgan fingerprint density at radius 3 is 2.90 bits per heavy atom. The number of nitrogens with two attached hydrogens (primary N) is 1. The van der Waals surface area contributed by atoms with Crippen molar-refractivity contribution in [1.29, 1.82) is 0 Å². The van der Waals surface area contributed by atoms with Crippen molar-refractivity contribution < 1.29 is 9.21 Å². The van der Waals surface area contributed by atoms with Crippen LogP contribution in [0.4, 0.5) is 0 Å². The highest BCUT2D eigenvalue weighted by molar-refractivity contribution is 9.10. The number of nitrogens with zero attached hydrogens (tertiary/aromatic N) is 2. The molecule has 0 aromatic carbocycles. The Balaban J connectivity index is 2.41. The average molecular weight is 341 g/mol. The highest BCUT2D eigenvalue weighted by Gasteiger charge is 2.15. The van der Waals surface area contributed by atoms with E-state index in [4.69, 9.17) is 10.3 Å². The number of halogens is 1. The van der Waals surface area contributed by atoms with Crippen LogP contribution in [0.15, 0.2) is 25.9 Å². The number of aromatic nitrogens is 2. The summed E-state index contributed by atoms with van der Waals surface area (Å²) in [6.45, 7) is 3.72. The predicted octanol–water partition coefficient (Wildman–Crippen LogP) is 0.867. The Morgan fingerprint density at radius 2 is 2.25 bits per heavy atom. The third kappa shape index (κ3) is 2.66. The van der Waals surface area contributed by atoms with Gasteiger partial charge in [-0.15, -0.1) is 0 Å². The maximum Gasteiger partial charge on any atom is 0.300 e. The fourth-order valence-electron chi connectivity index (χ4n) is 1.77. The van der Waals surface area contributed by atoms with Crippen LogP contribution < -0.4 is 16.8 Å². The van der Waals surface area contributed by atoms with E-state index in [1.54, 1.807) is 19.9 Å². The van der Waals surface area contributed by atoms with Crippen molar-refractivity contribution >= 4 is 21.8 Å². The fourth-order valence-corrected chi connectivity index (χ4v) is 2.08. The molecule has 7 nitrogen and oxygen atoms in total. The van der Waals surface area contributed by atoms with Gasteiger partial charge in [-0.25, -0.2) is 10.8 Å². The average Bonchev–Trinajstić information content (AvgIpc) is 2.79. The Morgan fingerprint density at radius 1 is 1.55 bits per heavy atom. The van der Waals surface area contributed by atoms with Crippen molar-refractivity contribution in [3.8, 4) is 0 Å². The molecule has 0 unspecified atom stereocenters. The van der Waals surface area contributed by atoms with E-state index in [-0.39, 0.29) is 17.9 Å². The molecule has 2 heterocycles. The molecular formula is C12H13BrN4O3. The molecule has 3 N–H and O–H groups in total. The lowest BCUT2D eigenvalue weighted by molar-refractivity contribution is 0.0924. The zero-order valence-electron chi connectivity index (χ0n) is 10.9. The number of carbonyl (C=O) groups is 1. The number of nitrogen functional groups attached to an aromatic ring is 1. The maximum atomic E-state index is 12.0. The minimum atomic E-state index is -0.518. The third-order valence-corrected chi connectivity index (χ3v) is 3.45. The van der Waals surface area contributed by atoms with Gasteiger partial charge < -0.3 is 4.42 Å². The second kappa shape index (κ2) is 5.59. The summed E-state index contributed by atoms with van der Waals surface area (Å²) in [4.78, 5) is 27.6. The van der Waals surface area contributed by atoms with Crippen LogP contribution in [0.2, 0.25) is 0 Å². The van der Waals surface area contributed by atoms with Crippen LogP contribution in [0.5, 0.6) is 0 Å². The molecule has 2 rings (SSSR count). The molecular weight excluding hydrogens is 328 g/mol. The number of furan rings is 1. The van der Waals surface area contributed by atoms with E-state index in [0.29, 0.717) is 21.6 Å². The molecule has 0 radical (unpaired) electrons. The third-order valence-electron chi connectivity index (χ3n) is 2.91. The van der Waals surface area contributed by atoms with Crippen LogP contribution in [-0.2, 0) is 6.54 Å². The summed E-state index contributed by atoms with van der Waals surface area (Å²) in [6, 6.07) is 1.56. The fraction of sp³-hybridized carbons (Fsp3) is 0.250. The molecule has 8 heteroatoms. The number of hydrogen-bond donors (Lipinski definition) is 2. The second-order valence-corrected chi connectivity index (χ2v) is 5.06. The lowest BCUT2D eigenvalue weighted by atomic mass is 10.2. The molecule has 0 aliphatic heterocycles. The Hall–Kier alpha value is -1.93. The van der Waals surface area contributed by atoms with Crippen molar-refractivity contribution in [3.63, 3.8) is 0 Å². The monoisotopic (exact) mass is 340 g/mol. The highest BCUT2D eigenvalue weighted by Crippen LogP contribution is 2.16. The lowest BCUT2D eigenvalue weighted by Gasteiger charge is -2.08. The first kappa shape index (κ1) is 14.5. The van der Waals surface area contributed by atoms with Crippen LogP contribution in [0, 0.1) is 13.8 Å². The van der Waals surface area contributed by atoms with E-state index >= 15 is 0 Å². The minimum absolute atomic E-state index is 0.105. The summed E-state index contributed by atoms with van der Waals surface area (Å²) in [5.74, 6) is 5.76. The summed E-state index contributed by atoms with van der Waals surface area (Å²) in [5, 5.41) is 0. The number of hydrazine groups is 1. The smallest absolute Gasteiger partial charge is 0.300 e. The zero-order chi connectivity index (χ0) is 14.9. The van der Waals surface area contributed by atoms with Crippen molar-refractivity contribution in [3.05, 3.63) is 50.0 Å². The molecule has 0 atom stereocenters. The summed E-state index contributed by atoms with van der Waals surface area (Å²) in [7, 11) is 0. The second-order valence-electron chi connectivity index (χ2n) is 4.21. The number of amides is 1. The standard InChI is InChI=1S/C12H13BrN4O3/c1-6-8(3-10(20-6)11(18)16-14)5-17-7(2)15-4-9(13)12(17)19/h3-4H,5,14H2,1-2H3,(H,16,18). The molecule has 0 aliphatic rings. The number of rotatable bonds is 3. The van der Waals surface area contributed by atoms with Crippen molar-refractivity contribution in [2.45, 2.75) is 20.4 Å². The molecule has 2 aromatic heterocycles. The quantitative estimate of drug-likeness (QED) is 0.490. The van der Waals surface area contributed by atoms with Crippen LogP contribution in [0.25, 0.3) is 0 Å². The first-order valence-corrected chi connectivity index (χ1v) is 6.55. The van der Waals surface area contributed by atoms with Crippen LogP contribution in [-0.4, -0.2) is 15.5 Å². The molecule has 2 aromatic rings. The van der Waals surface area contributed by atoms with E-state index < -0.39 is 5.91 Å². The molecule has 106 valence electrons. The van der Waals surface area contributed by atoms with E-state index in [1.807, 2.05) is 5.43 Å². The highest BCUT2D eigenvalue weighted by atomic mass is 79.9. The first-order valence-electron chi connectivity index (χ1n) is 5.76. The molecule has 20 heavy (non-hydrogen) atoms. The van der Waals surface area contributed by atoms with Crippen LogP contribution in [0.1, 0.15) is 27.7 Å². The summed E-state index contributed by atoms with van der Waals surface area (Å²) in [5.41, 5.74) is 2.52. The SMILES string of the molecule is Cc1oc(C(=O)NN)cc1Cn1c(C)ncc(Br)c1=O. The van der Waals surface area contributed by atoms with E-state index in [9.17, 15) is 9.59 Å². The summed E-state index contributed by atoms with van der Waals surface area (Å²) >= 11 is 3.15. The molecule has 0 bridgehead atoms. The van der Waals surface area contributed by atoms with Gasteiger partial charge in [0.1, 0.15) is 16.1 Å². The Bertz CT molecular complexity index is 720. The number of carbonyl (C=O) groups excluding carboxylic acids is 1. The predicted molar refractivity (Wildman–Crippen MR) is 75.1 cm³/mol. The van der Waals surface area contributed by atoms with Crippen molar-refractivity contribution in [1.82, 2.24) is 15.0 Å². The molecule has 1 amide bonds. The largest absolute Gasteiger partial charge is 0.456 e. The van der Waals surface area contributed by atoms with Crippen molar-refractivity contribution in [2.75, 3.05) is 0 Å². The summed E-state index contributed by atoms with van der Waals surface area (Å²) in [6.07, 6.45) is 1.46. The normalized spacial score (nSPS) is 10.6. The molecule has 0 fully saturated rings. The van der Waals surface area contributed by atoms with Gasteiger partial charge >= 0.3 is 5.91 Å². The molecule has 0 saturated carbocycles. The van der Waals surface area contributed by atoms with E-state index in [0.717, 1.165) is 0 Å². The lowest BCUT2D eigenvalue weighted by Crippen LogP contribution is -2.29. The topological polar surface area (TPSA) is 103 Å². The van der Waals surface area contributed by atoms with Gasteiger partial charge in [-0.2, -0.15) is 0 Å². The summed E-state index contributed by atoms with van der Waals surface area (Å²) < 4.78 is 7.18. The van der Waals surface area contributed by atoms with Gasteiger partial charge in [-0.3, -0.25) is 19.6 Å².